The average Bonchev–Trinajstić information content (AvgIpc) is 3.49. The molecule has 30 heavy (non-hydrogen) atoms. The van der Waals surface area contributed by atoms with Crippen LogP contribution in [0.2, 0.25) is 0 Å². The van der Waals surface area contributed by atoms with Crippen LogP contribution in [0.3, 0.4) is 0 Å². The normalized spacial score (nSPS) is 24.6. The first-order valence-electron chi connectivity index (χ1n) is 11.5. The highest BCUT2D eigenvalue weighted by Crippen LogP contribution is 2.31. The number of benzene rings is 1. The van der Waals surface area contributed by atoms with Crippen molar-refractivity contribution in [2.24, 2.45) is 5.92 Å². The van der Waals surface area contributed by atoms with Crippen molar-refractivity contribution in [3.63, 3.8) is 0 Å². The summed E-state index contributed by atoms with van der Waals surface area (Å²) < 4.78 is 5.83. The second-order valence-corrected chi connectivity index (χ2v) is 9.30. The van der Waals surface area contributed by atoms with E-state index in [0.717, 1.165) is 43.5 Å². The van der Waals surface area contributed by atoms with E-state index in [0.29, 0.717) is 32.1 Å². The van der Waals surface area contributed by atoms with Gasteiger partial charge in [-0.05, 0) is 43.4 Å². The van der Waals surface area contributed by atoms with Crippen LogP contribution >= 0.6 is 0 Å². The number of rotatable bonds is 7. The van der Waals surface area contributed by atoms with Gasteiger partial charge in [-0.15, -0.1) is 0 Å². The molecular formula is C24H35N3O3. The maximum Gasteiger partial charge on any atom is 0.228 e. The summed E-state index contributed by atoms with van der Waals surface area (Å²) in [5, 5.41) is 0. The molecule has 0 aromatic heterocycles. The number of nitrogens with zero attached hydrogens (tertiary/aromatic N) is 3. The van der Waals surface area contributed by atoms with E-state index in [1.165, 1.54) is 12.8 Å². The molecule has 6 nitrogen and oxygen atoms in total. The fourth-order valence-corrected chi connectivity index (χ4v) is 5.11. The van der Waals surface area contributed by atoms with Crippen molar-refractivity contribution in [3.05, 3.63) is 29.8 Å². The summed E-state index contributed by atoms with van der Waals surface area (Å²) in [4.78, 5) is 32.1. The first-order chi connectivity index (χ1) is 14.5. The topological polar surface area (TPSA) is 53.1 Å². The molecule has 2 heterocycles. The Kier molecular flexibility index (Phi) is 6.61. The molecule has 2 unspecified atom stereocenters. The lowest BCUT2D eigenvalue weighted by Crippen LogP contribution is -2.42. The zero-order chi connectivity index (χ0) is 21.1. The Balaban J connectivity index is 1.45. The fraction of sp³-hybridized carbons (Fsp3) is 0.667. The molecule has 2 amide bonds. The van der Waals surface area contributed by atoms with Crippen LogP contribution < -0.4 is 4.90 Å². The molecule has 1 aromatic rings. The molecular weight excluding hydrogens is 378 g/mol. The monoisotopic (exact) mass is 413 g/mol. The third-order valence-corrected chi connectivity index (χ3v) is 6.86. The Morgan fingerprint density at radius 3 is 2.47 bits per heavy atom. The number of anilines is 1. The first kappa shape index (κ1) is 21.2. The number of hydrogen-bond donors (Lipinski definition) is 0. The number of ether oxygens (including phenoxy) is 1. The van der Waals surface area contributed by atoms with E-state index in [1.54, 1.807) is 0 Å². The standard InChI is InChI=1S/C24H35N3O3/c1-25(2)20-11-9-18(10-12-20)15-26(17-22-8-5-13-30-22)24(29)19-14-23(28)27(16-19)21-6-3-4-7-21/h9-12,19,21-22H,3-8,13-17H2,1-2H3. The van der Waals surface area contributed by atoms with E-state index in [4.69, 9.17) is 4.74 Å². The summed E-state index contributed by atoms with van der Waals surface area (Å²) in [7, 11) is 4.05. The minimum absolute atomic E-state index is 0.107. The predicted octanol–water partition coefficient (Wildman–Crippen LogP) is 3.05. The van der Waals surface area contributed by atoms with E-state index in [1.807, 2.05) is 23.9 Å². The summed E-state index contributed by atoms with van der Waals surface area (Å²) >= 11 is 0. The van der Waals surface area contributed by atoms with Gasteiger partial charge in [0.2, 0.25) is 11.8 Å². The molecule has 2 atom stereocenters. The third-order valence-electron chi connectivity index (χ3n) is 6.86. The number of likely N-dealkylation sites (tertiary alicyclic amines) is 1. The number of amides is 2. The minimum Gasteiger partial charge on any atom is -0.378 e. The van der Waals surface area contributed by atoms with Gasteiger partial charge in [0.15, 0.2) is 0 Å². The number of carbonyl (C=O) groups excluding carboxylic acids is 2. The molecule has 3 aliphatic rings. The second-order valence-electron chi connectivity index (χ2n) is 9.30. The maximum absolute atomic E-state index is 13.5. The van der Waals surface area contributed by atoms with Gasteiger partial charge >= 0.3 is 0 Å². The molecule has 0 N–H and O–H groups in total. The Morgan fingerprint density at radius 1 is 1.10 bits per heavy atom. The van der Waals surface area contributed by atoms with Crippen LogP contribution in [0.1, 0.15) is 50.5 Å². The van der Waals surface area contributed by atoms with Crippen LogP contribution in [0.15, 0.2) is 24.3 Å². The van der Waals surface area contributed by atoms with Crippen molar-refractivity contribution in [2.75, 3.05) is 38.7 Å². The number of hydrogen-bond acceptors (Lipinski definition) is 4. The fourth-order valence-electron chi connectivity index (χ4n) is 5.11. The SMILES string of the molecule is CN(C)c1ccc(CN(CC2CCCO2)C(=O)C2CC(=O)N(C3CCCC3)C2)cc1. The van der Waals surface area contributed by atoms with Gasteiger partial charge in [-0.3, -0.25) is 9.59 Å². The molecule has 0 bridgehead atoms. The lowest BCUT2D eigenvalue weighted by atomic mass is 10.1. The summed E-state index contributed by atoms with van der Waals surface area (Å²) in [5.41, 5.74) is 2.26. The van der Waals surface area contributed by atoms with E-state index in [9.17, 15) is 9.59 Å². The van der Waals surface area contributed by atoms with Gasteiger partial charge in [-0.2, -0.15) is 0 Å². The van der Waals surface area contributed by atoms with Crippen molar-refractivity contribution < 1.29 is 14.3 Å². The van der Waals surface area contributed by atoms with Gasteiger partial charge in [0, 0.05) is 58.5 Å². The van der Waals surface area contributed by atoms with Crippen LogP contribution in [-0.2, 0) is 20.9 Å². The lowest BCUT2D eigenvalue weighted by Gasteiger charge is -2.29. The summed E-state index contributed by atoms with van der Waals surface area (Å²) in [6.07, 6.45) is 7.09. The molecule has 1 saturated carbocycles. The zero-order valence-electron chi connectivity index (χ0n) is 18.4. The molecule has 0 radical (unpaired) electrons. The van der Waals surface area contributed by atoms with Gasteiger partial charge in [0.1, 0.15) is 0 Å². The summed E-state index contributed by atoms with van der Waals surface area (Å²) in [6, 6.07) is 8.71. The van der Waals surface area contributed by atoms with Gasteiger partial charge in [0.25, 0.3) is 0 Å². The Labute approximate surface area is 180 Å². The zero-order valence-corrected chi connectivity index (χ0v) is 18.4. The van der Waals surface area contributed by atoms with Crippen molar-refractivity contribution in [3.8, 4) is 0 Å². The van der Waals surface area contributed by atoms with Crippen LogP contribution in [0, 0.1) is 5.92 Å². The van der Waals surface area contributed by atoms with Gasteiger partial charge in [0.05, 0.1) is 12.0 Å². The Morgan fingerprint density at radius 2 is 1.83 bits per heavy atom. The van der Waals surface area contributed by atoms with Gasteiger partial charge < -0.3 is 19.4 Å². The van der Waals surface area contributed by atoms with Crippen molar-refractivity contribution in [1.82, 2.24) is 9.80 Å². The Hall–Kier alpha value is -2.08. The molecule has 2 saturated heterocycles. The highest BCUT2D eigenvalue weighted by molar-refractivity contribution is 5.89. The Bertz CT molecular complexity index is 737. The summed E-state index contributed by atoms with van der Waals surface area (Å²) in [6.45, 7) is 2.55. The largest absolute Gasteiger partial charge is 0.378 e. The van der Waals surface area contributed by atoms with E-state index in [-0.39, 0.29) is 23.8 Å². The molecule has 3 fully saturated rings. The highest BCUT2D eigenvalue weighted by atomic mass is 16.5. The molecule has 164 valence electrons. The first-order valence-corrected chi connectivity index (χ1v) is 11.5. The van der Waals surface area contributed by atoms with Crippen LogP contribution in [-0.4, -0.2) is 67.6 Å². The second kappa shape index (κ2) is 9.38. The maximum atomic E-state index is 13.5. The molecule has 1 aromatic carbocycles. The van der Waals surface area contributed by atoms with Crippen LogP contribution in [0.25, 0.3) is 0 Å². The molecule has 1 aliphatic carbocycles. The molecule has 6 heteroatoms. The van der Waals surface area contributed by atoms with Crippen LogP contribution in [0.4, 0.5) is 5.69 Å². The molecule has 4 rings (SSSR count). The van der Waals surface area contributed by atoms with E-state index in [2.05, 4.69) is 29.2 Å². The minimum atomic E-state index is -0.222. The quantitative estimate of drug-likeness (QED) is 0.689. The van der Waals surface area contributed by atoms with E-state index >= 15 is 0 Å². The van der Waals surface area contributed by atoms with Crippen molar-refractivity contribution in [1.29, 1.82) is 0 Å². The molecule has 0 spiro atoms. The smallest absolute Gasteiger partial charge is 0.228 e. The summed E-state index contributed by atoms with van der Waals surface area (Å²) in [5.74, 6) is 0.0456. The van der Waals surface area contributed by atoms with Crippen molar-refractivity contribution >= 4 is 17.5 Å². The van der Waals surface area contributed by atoms with Crippen molar-refractivity contribution in [2.45, 2.75) is 63.6 Å². The molecule has 2 aliphatic heterocycles. The van der Waals surface area contributed by atoms with Gasteiger partial charge in [-0.25, -0.2) is 0 Å². The average molecular weight is 414 g/mol. The van der Waals surface area contributed by atoms with E-state index < -0.39 is 0 Å². The van der Waals surface area contributed by atoms with Gasteiger partial charge in [-0.1, -0.05) is 25.0 Å². The predicted molar refractivity (Wildman–Crippen MR) is 117 cm³/mol. The lowest BCUT2D eigenvalue weighted by molar-refractivity contribution is -0.138. The third kappa shape index (κ3) is 4.80. The number of carbonyl (C=O) groups is 2. The highest BCUT2D eigenvalue weighted by Gasteiger charge is 2.40. The van der Waals surface area contributed by atoms with Crippen LogP contribution in [0.5, 0.6) is 0 Å².